The van der Waals surface area contributed by atoms with E-state index in [0.29, 0.717) is 18.1 Å². The Morgan fingerprint density at radius 3 is 2.70 bits per heavy atom. The molecule has 0 radical (unpaired) electrons. The van der Waals surface area contributed by atoms with Gasteiger partial charge in [-0.3, -0.25) is 9.59 Å². The molecule has 2 amide bonds. The second kappa shape index (κ2) is 10.4. The summed E-state index contributed by atoms with van der Waals surface area (Å²) in [4.78, 5) is 30.0. The number of nitrogens with zero attached hydrogens (tertiary/aromatic N) is 4. The number of carbonyl (C=O) groups is 2. The number of nitrogens with one attached hydrogen (secondary N) is 2. The van der Waals surface area contributed by atoms with E-state index in [4.69, 9.17) is 5.73 Å². The maximum Gasteiger partial charge on any atom is 0.250 e. The lowest BCUT2D eigenvalue weighted by molar-refractivity contribution is -0.127. The van der Waals surface area contributed by atoms with Crippen LogP contribution in [-0.4, -0.2) is 49.8 Å². The fraction of sp³-hybridized carbons (Fsp3) is 0.269. The van der Waals surface area contributed by atoms with Crippen molar-refractivity contribution < 1.29 is 9.59 Å². The van der Waals surface area contributed by atoms with E-state index in [1.807, 2.05) is 60.0 Å². The van der Waals surface area contributed by atoms with Gasteiger partial charge in [-0.25, -0.2) is 0 Å². The van der Waals surface area contributed by atoms with E-state index in [2.05, 4.69) is 25.9 Å². The van der Waals surface area contributed by atoms with E-state index in [9.17, 15) is 9.59 Å². The van der Waals surface area contributed by atoms with Gasteiger partial charge in [0.1, 0.15) is 6.04 Å². The molecule has 9 nitrogen and oxygen atoms in total. The van der Waals surface area contributed by atoms with E-state index < -0.39 is 11.6 Å². The number of carbonyl (C=O) groups excluding carboxylic acids is 2. The average Bonchev–Trinajstić information content (AvgIpc) is 3.54. The summed E-state index contributed by atoms with van der Waals surface area (Å²) in [5.74, 6) is 0.653. The summed E-state index contributed by atoms with van der Waals surface area (Å²) in [7, 11) is 0. The molecular formula is C26H27N7O2S2. The summed E-state index contributed by atoms with van der Waals surface area (Å²) in [5.41, 5.74) is 9.23. The van der Waals surface area contributed by atoms with E-state index in [-0.39, 0.29) is 18.2 Å². The van der Waals surface area contributed by atoms with Crippen LogP contribution in [-0.2, 0) is 16.1 Å². The van der Waals surface area contributed by atoms with Crippen LogP contribution < -0.4 is 16.0 Å². The van der Waals surface area contributed by atoms with Crippen LogP contribution >= 0.6 is 23.1 Å². The molecule has 190 valence electrons. The van der Waals surface area contributed by atoms with Crippen LogP contribution in [0.2, 0.25) is 0 Å². The molecule has 11 heteroatoms. The maximum absolute atomic E-state index is 13.7. The second-order valence-corrected chi connectivity index (χ2v) is 11.6. The van der Waals surface area contributed by atoms with Crippen LogP contribution in [0.5, 0.6) is 0 Å². The molecular weight excluding hydrogens is 506 g/mol. The predicted molar refractivity (Wildman–Crippen MR) is 146 cm³/mol. The topological polar surface area (TPSA) is 130 Å². The summed E-state index contributed by atoms with van der Waals surface area (Å²) >= 11 is 3.13. The molecule has 37 heavy (non-hydrogen) atoms. The first-order chi connectivity index (χ1) is 17.8. The van der Waals surface area contributed by atoms with Gasteiger partial charge in [-0.1, -0.05) is 36.4 Å². The molecule has 4 N–H and O–H groups in total. The van der Waals surface area contributed by atoms with Gasteiger partial charge in [0.2, 0.25) is 11.7 Å². The van der Waals surface area contributed by atoms with Gasteiger partial charge in [0, 0.05) is 28.2 Å². The summed E-state index contributed by atoms with van der Waals surface area (Å²) in [5, 5.41) is 19.3. The molecule has 0 saturated carbocycles. The number of benzene rings is 2. The molecule has 0 unspecified atom stereocenters. The van der Waals surface area contributed by atoms with Crippen molar-refractivity contribution in [1.82, 2.24) is 25.9 Å². The van der Waals surface area contributed by atoms with Crippen LogP contribution in [0.1, 0.15) is 25.8 Å². The quantitative estimate of drug-likeness (QED) is 0.329. The molecule has 5 rings (SSSR count). The number of hydrogen-bond donors (Lipinski definition) is 3. The highest BCUT2D eigenvalue weighted by atomic mass is 32.2. The number of anilines is 1. The number of fused-ring (bicyclic) bond motifs is 1. The fourth-order valence-electron chi connectivity index (χ4n) is 4.22. The van der Waals surface area contributed by atoms with Crippen molar-refractivity contribution in [2.45, 2.75) is 43.3 Å². The molecule has 0 aliphatic carbocycles. The zero-order valence-electron chi connectivity index (χ0n) is 20.5. The van der Waals surface area contributed by atoms with Crippen LogP contribution in [0.4, 0.5) is 5.69 Å². The van der Waals surface area contributed by atoms with Crippen molar-refractivity contribution in [2.24, 2.45) is 5.73 Å². The van der Waals surface area contributed by atoms with Crippen LogP contribution in [0.15, 0.2) is 64.9 Å². The summed E-state index contributed by atoms with van der Waals surface area (Å²) in [6.07, 6.45) is 0.143. The van der Waals surface area contributed by atoms with Gasteiger partial charge in [0.05, 0.1) is 17.1 Å². The van der Waals surface area contributed by atoms with Crippen molar-refractivity contribution in [1.29, 1.82) is 0 Å². The van der Waals surface area contributed by atoms with Crippen molar-refractivity contribution in [3.63, 3.8) is 0 Å². The number of rotatable bonds is 7. The van der Waals surface area contributed by atoms with Crippen LogP contribution in [0.25, 0.3) is 21.8 Å². The average molecular weight is 534 g/mol. The lowest BCUT2D eigenvalue weighted by Gasteiger charge is -2.27. The zero-order chi connectivity index (χ0) is 26.0. The molecule has 0 fully saturated rings. The van der Waals surface area contributed by atoms with Gasteiger partial charge in [0.15, 0.2) is 0 Å². The third-order valence-electron chi connectivity index (χ3n) is 5.90. The number of H-pyrrole nitrogens is 1. The minimum atomic E-state index is -0.651. The Balaban J connectivity index is 1.39. The smallest absolute Gasteiger partial charge is 0.250 e. The number of amides is 2. The van der Waals surface area contributed by atoms with E-state index >= 15 is 0 Å². The molecule has 1 aliphatic rings. The molecule has 0 bridgehead atoms. The first-order valence-electron chi connectivity index (χ1n) is 11.8. The Hall–Kier alpha value is -3.54. The van der Waals surface area contributed by atoms with Gasteiger partial charge < -0.3 is 16.0 Å². The Bertz CT molecular complexity index is 1400. The normalized spacial score (nSPS) is 15.8. The highest BCUT2D eigenvalue weighted by Crippen LogP contribution is 2.37. The number of nitrogens with two attached hydrogens (primary N) is 1. The number of aromatic amines is 1. The van der Waals surface area contributed by atoms with E-state index in [0.717, 1.165) is 32.2 Å². The van der Waals surface area contributed by atoms with Gasteiger partial charge in [-0.2, -0.15) is 5.21 Å². The Labute approximate surface area is 222 Å². The minimum Gasteiger partial charge on any atom is -0.343 e. The number of hydrogen-bond acceptors (Lipinski definition) is 8. The molecule has 1 aliphatic heterocycles. The number of tetrazole rings is 1. The molecule has 3 heterocycles. The number of thiophene rings is 1. The molecule has 1 atom stereocenters. The zero-order valence-corrected chi connectivity index (χ0v) is 22.1. The third-order valence-corrected chi connectivity index (χ3v) is 7.96. The lowest BCUT2D eigenvalue weighted by Crippen LogP contribution is -2.51. The van der Waals surface area contributed by atoms with Crippen molar-refractivity contribution in [2.75, 3.05) is 10.7 Å². The standard InChI is InChI=1S/C26H27N7O2S2/c1-26(2,27)13-22(34)28-19-15-37-21-6-4-3-5-20(21)33(25(19)35)14-16-7-9-17(10-8-16)18-11-12-36-23(18)24-29-31-32-30-24/h3-12,19H,13-15,27H2,1-2H3,(H,28,34)(H,29,30,31,32)/t19-/m1/s1. The summed E-state index contributed by atoms with van der Waals surface area (Å²) in [6, 6.07) is 17.3. The van der Waals surface area contributed by atoms with E-state index in [1.54, 1.807) is 41.8 Å². The van der Waals surface area contributed by atoms with E-state index in [1.165, 1.54) is 0 Å². The van der Waals surface area contributed by atoms with Crippen molar-refractivity contribution in [3.8, 4) is 21.8 Å². The summed E-state index contributed by atoms with van der Waals surface area (Å²) < 4.78 is 0. The van der Waals surface area contributed by atoms with Crippen LogP contribution in [0.3, 0.4) is 0 Å². The van der Waals surface area contributed by atoms with Crippen molar-refractivity contribution >= 4 is 40.6 Å². The monoisotopic (exact) mass is 533 g/mol. The van der Waals surface area contributed by atoms with Gasteiger partial charge in [-0.05, 0) is 53.8 Å². The van der Waals surface area contributed by atoms with Gasteiger partial charge >= 0.3 is 0 Å². The molecule has 0 saturated heterocycles. The maximum atomic E-state index is 13.7. The Kier molecular flexibility index (Phi) is 7.09. The summed E-state index contributed by atoms with van der Waals surface area (Å²) in [6.45, 7) is 3.97. The first-order valence-corrected chi connectivity index (χ1v) is 13.7. The first kappa shape index (κ1) is 25.1. The predicted octanol–water partition coefficient (Wildman–Crippen LogP) is 3.85. The highest BCUT2D eigenvalue weighted by molar-refractivity contribution is 7.99. The Morgan fingerprint density at radius 2 is 1.97 bits per heavy atom. The number of aromatic nitrogens is 4. The lowest BCUT2D eigenvalue weighted by atomic mass is 10.0. The molecule has 0 spiro atoms. The third kappa shape index (κ3) is 5.74. The number of thioether (sulfide) groups is 1. The molecule has 2 aromatic carbocycles. The fourth-order valence-corrected chi connectivity index (χ4v) is 6.14. The largest absolute Gasteiger partial charge is 0.343 e. The SMILES string of the molecule is CC(C)(N)CC(=O)N[C@@H]1CSc2ccccc2N(Cc2ccc(-c3ccsc3-c3nn[nH]n3)cc2)C1=O. The van der Waals surface area contributed by atoms with Crippen LogP contribution in [0, 0.1) is 0 Å². The number of para-hydroxylation sites is 1. The molecule has 2 aromatic heterocycles. The highest BCUT2D eigenvalue weighted by Gasteiger charge is 2.32. The van der Waals surface area contributed by atoms with Gasteiger partial charge in [-0.15, -0.1) is 33.3 Å². The second-order valence-electron chi connectivity index (χ2n) is 9.58. The van der Waals surface area contributed by atoms with Crippen molar-refractivity contribution in [3.05, 3.63) is 65.5 Å². The molecule has 4 aromatic rings. The minimum absolute atomic E-state index is 0.137. The van der Waals surface area contributed by atoms with Gasteiger partial charge in [0.25, 0.3) is 5.91 Å². The Morgan fingerprint density at radius 1 is 1.19 bits per heavy atom.